The van der Waals surface area contributed by atoms with Crippen LogP contribution >= 0.6 is 11.3 Å². The molecule has 0 N–H and O–H groups in total. The van der Waals surface area contributed by atoms with Crippen molar-refractivity contribution in [3.8, 4) is 11.3 Å². The van der Waals surface area contributed by atoms with Crippen LogP contribution in [0.1, 0.15) is 15.9 Å². The molecule has 0 atom stereocenters. The molecule has 3 heterocycles. The quantitative estimate of drug-likeness (QED) is 0.531. The van der Waals surface area contributed by atoms with Crippen molar-refractivity contribution < 1.29 is 9.53 Å². The number of amides is 1. The Balaban J connectivity index is 1.51. The summed E-state index contributed by atoms with van der Waals surface area (Å²) in [5.41, 5.74) is 5.13. The number of ether oxygens (including phenoxy) is 1. The van der Waals surface area contributed by atoms with E-state index in [-0.39, 0.29) is 5.91 Å². The van der Waals surface area contributed by atoms with Gasteiger partial charge in [-0.05, 0) is 25.1 Å². The van der Waals surface area contributed by atoms with E-state index in [4.69, 9.17) is 9.72 Å². The number of carbonyl (C=O) groups is 1. The molecule has 1 amide bonds. The SMILES string of the molecule is Cc1ccc(-c2cn3c(n2)sc2cc(C(=O)N4CCOCC4)ccc23)cc1. The van der Waals surface area contributed by atoms with Gasteiger partial charge >= 0.3 is 0 Å². The predicted octanol–water partition coefficient (Wildman–Crippen LogP) is 4.00. The largest absolute Gasteiger partial charge is 0.378 e. The summed E-state index contributed by atoms with van der Waals surface area (Å²) in [6, 6.07) is 14.3. The van der Waals surface area contributed by atoms with E-state index in [2.05, 4.69) is 41.8 Å². The maximum atomic E-state index is 12.7. The highest BCUT2D eigenvalue weighted by Crippen LogP contribution is 2.30. The van der Waals surface area contributed by atoms with Crippen molar-refractivity contribution in [1.82, 2.24) is 14.3 Å². The van der Waals surface area contributed by atoms with Gasteiger partial charge in [0, 0.05) is 30.4 Å². The average molecular weight is 377 g/mol. The highest BCUT2D eigenvalue weighted by atomic mass is 32.1. The van der Waals surface area contributed by atoms with Gasteiger partial charge in [-0.25, -0.2) is 4.98 Å². The zero-order valence-corrected chi connectivity index (χ0v) is 15.8. The Morgan fingerprint density at radius 2 is 1.89 bits per heavy atom. The van der Waals surface area contributed by atoms with Crippen LogP contribution in [0.3, 0.4) is 0 Å². The molecule has 0 saturated carbocycles. The molecule has 5 nitrogen and oxygen atoms in total. The Morgan fingerprint density at radius 3 is 2.67 bits per heavy atom. The molecule has 5 rings (SSSR count). The Morgan fingerprint density at radius 1 is 1.11 bits per heavy atom. The molecule has 4 aromatic rings. The first-order valence-corrected chi connectivity index (χ1v) is 9.86. The van der Waals surface area contributed by atoms with Crippen LogP contribution in [0, 0.1) is 6.92 Å². The monoisotopic (exact) mass is 377 g/mol. The van der Waals surface area contributed by atoms with Crippen LogP contribution in [0.15, 0.2) is 48.7 Å². The number of morpholine rings is 1. The van der Waals surface area contributed by atoms with Crippen LogP contribution in [0.2, 0.25) is 0 Å². The lowest BCUT2D eigenvalue weighted by Crippen LogP contribution is -2.40. The number of aromatic nitrogens is 2. The smallest absolute Gasteiger partial charge is 0.254 e. The lowest BCUT2D eigenvalue weighted by atomic mass is 10.1. The molecule has 136 valence electrons. The van der Waals surface area contributed by atoms with Crippen LogP contribution in [0.25, 0.3) is 26.4 Å². The summed E-state index contributed by atoms with van der Waals surface area (Å²) in [6.45, 7) is 4.62. The second-order valence-electron chi connectivity index (χ2n) is 6.83. The molecule has 2 aromatic heterocycles. The fourth-order valence-electron chi connectivity index (χ4n) is 3.45. The molecule has 1 aliphatic heterocycles. The summed E-state index contributed by atoms with van der Waals surface area (Å²) in [4.78, 5) is 20.3. The molecule has 6 heteroatoms. The summed E-state index contributed by atoms with van der Waals surface area (Å²) in [5, 5.41) is 0. The van der Waals surface area contributed by atoms with Gasteiger partial charge in [0.2, 0.25) is 0 Å². The third-order valence-corrected chi connectivity index (χ3v) is 6.00. The van der Waals surface area contributed by atoms with Gasteiger partial charge in [-0.2, -0.15) is 0 Å². The zero-order chi connectivity index (χ0) is 18.4. The Labute approximate surface area is 160 Å². The molecule has 0 bridgehead atoms. The number of aryl methyl sites for hydroxylation is 1. The van der Waals surface area contributed by atoms with E-state index in [1.807, 2.05) is 23.1 Å². The standard InChI is InChI=1S/C21H19N3O2S/c1-14-2-4-15(5-3-14)17-13-24-18-7-6-16(12-19(18)27-21(24)22-17)20(25)23-8-10-26-11-9-23/h2-7,12-13H,8-11H2,1H3. The summed E-state index contributed by atoms with van der Waals surface area (Å²) in [5.74, 6) is 0.0755. The van der Waals surface area contributed by atoms with E-state index in [1.165, 1.54) is 5.56 Å². The summed E-state index contributed by atoms with van der Waals surface area (Å²) in [7, 11) is 0. The highest BCUT2D eigenvalue weighted by molar-refractivity contribution is 7.23. The number of carbonyl (C=O) groups excluding carboxylic acids is 1. The number of benzene rings is 2. The molecule has 27 heavy (non-hydrogen) atoms. The Bertz CT molecular complexity index is 1140. The maximum absolute atomic E-state index is 12.7. The van der Waals surface area contributed by atoms with Crippen LogP contribution < -0.4 is 0 Å². The first-order valence-electron chi connectivity index (χ1n) is 9.05. The topological polar surface area (TPSA) is 46.8 Å². The highest BCUT2D eigenvalue weighted by Gasteiger charge is 2.19. The minimum atomic E-state index is 0.0755. The Hall–Kier alpha value is -2.70. The van der Waals surface area contributed by atoms with Crippen molar-refractivity contribution in [2.24, 2.45) is 0 Å². The lowest BCUT2D eigenvalue weighted by molar-refractivity contribution is 0.0303. The van der Waals surface area contributed by atoms with Gasteiger partial charge in [0.1, 0.15) is 0 Å². The number of fused-ring (bicyclic) bond motifs is 3. The van der Waals surface area contributed by atoms with E-state index in [1.54, 1.807) is 11.3 Å². The summed E-state index contributed by atoms with van der Waals surface area (Å²) >= 11 is 1.61. The first kappa shape index (κ1) is 16.5. The molecular formula is C21H19N3O2S. The van der Waals surface area contributed by atoms with Gasteiger partial charge in [-0.15, -0.1) is 0 Å². The summed E-state index contributed by atoms with van der Waals surface area (Å²) < 4.78 is 8.52. The maximum Gasteiger partial charge on any atom is 0.254 e. The third-order valence-electron chi connectivity index (χ3n) is 4.99. The second kappa shape index (κ2) is 6.48. The normalized spacial score (nSPS) is 14.9. The Kier molecular flexibility index (Phi) is 3.95. The number of imidazole rings is 1. The van der Waals surface area contributed by atoms with Crippen LogP contribution in [-0.2, 0) is 4.74 Å². The van der Waals surface area contributed by atoms with E-state index < -0.39 is 0 Å². The van der Waals surface area contributed by atoms with Crippen molar-refractivity contribution in [2.75, 3.05) is 26.3 Å². The molecule has 1 aliphatic rings. The van der Waals surface area contributed by atoms with E-state index in [9.17, 15) is 4.79 Å². The van der Waals surface area contributed by atoms with Crippen molar-refractivity contribution in [1.29, 1.82) is 0 Å². The van der Waals surface area contributed by atoms with Crippen LogP contribution in [0.4, 0.5) is 0 Å². The molecule has 2 aromatic carbocycles. The van der Waals surface area contributed by atoms with E-state index in [0.717, 1.165) is 32.0 Å². The molecule has 0 unspecified atom stereocenters. The first-order chi connectivity index (χ1) is 13.2. The van der Waals surface area contributed by atoms with Crippen LogP contribution in [-0.4, -0.2) is 46.5 Å². The minimum Gasteiger partial charge on any atom is -0.378 e. The second-order valence-corrected chi connectivity index (χ2v) is 7.84. The lowest BCUT2D eigenvalue weighted by Gasteiger charge is -2.26. The van der Waals surface area contributed by atoms with Gasteiger partial charge in [0.25, 0.3) is 5.91 Å². The van der Waals surface area contributed by atoms with Gasteiger partial charge in [-0.3, -0.25) is 9.20 Å². The van der Waals surface area contributed by atoms with Crippen molar-refractivity contribution in [3.63, 3.8) is 0 Å². The average Bonchev–Trinajstić information content (AvgIpc) is 3.26. The van der Waals surface area contributed by atoms with Crippen molar-refractivity contribution >= 4 is 32.4 Å². The fraction of sp³-hybridized carbons (Fsp3) is 0.238. The van der Waals surface area contributed by atoms with E-state index >= 15 is 0 Å². The van der Waals surface area contributed by atoms with Gasteiger partial charge in [0.15, 0.2) is 4.96 Å². The number of hydrogen-bond donors (Lipinski definition) is 0. The molecule has 0 radical (unpaired) electrons. The number of hydrogen-bond acceptors (Lipinski definition) is 4. The van der Waals surface area contributed by atoms with Gasteiger partial charge in [0.05, 0.1) is 29.1 Å². The van der Waals surface area contributed by atoms with Crippen molar-refractivity contribution in [3.05, 3.63) is 59.8 Å². The molecule has 0 spiro atoms. The minimum absolute atomic E-state index is 0.0755. The fourth-order valence-corrected chi connectivity index (χ4v) is 4.49. The van der Waals surface area contributed by atoms with Gasteiger partial charge < -0.3 is 9.64 Å². The van der Waals surface area contributed by atoms with Gasteiger partial charge in [-0.1, -0.05) is 41.2 Å². The zero-order valence-electron chi connectivity index (χ0n) is 15.0. The summed E-state index contributed by atoms with van der Waals surface area (Å²) in [6.07, 6.45) is 2.07. The molecule has 0 aliphatic carbocycles. The van der Waals surface area contributed by atoms with Crippen LogP contribution in [0.5, 0.6) is 0 Å². The molecular weight excluding hydrogens is 358 g/mol. The van der Waals surface area contributed by atoms with Crippen molar-refractivity contribution in [2.45, 2.75) is 6.92 Å². The molecule has 1 saturated heterocycles. The number of thiazole rings is 1. The van der Waals surface area contributed by atoms with E-state index in [0.29, 0.717) is 26.3 Å². The number of rotatable bonds is 2. The predicted molar refractivity (Wildman–Crippen MR) is 107 cm³/mol. The third kappa shape index (κ3) is 2.91. The molecule has 1 fully saturated rings. The number of nitrogens with zero attached hydrogens (tertiary/aromatic N) is 3.